The van der Waals surface area contributed by atoms with Gasteiger partial charge in [0.1, 0.15) is 5.75 Å². The quantitative estimate of drug-likeness (QED) is 0.906. The molecule has 1 aromatic carbocycles. The zero-order valence-corrected chi connectivity index (χ0v) is 12.6. The van der Waals surface area contributed by atoms with Crippen molar-refractivity contribution in [1.82, 2.24) is 5.32 Å². The SMILES string of the molecule is CCOc1ccc(N2CCNC(C(C)(C)C)C2)cc1. The second-order valence-electron chi connectivity index (χ2n) is 6.25. The summed E-state index contributed by atoms with van der Waals surface area (Å²) in [4.78, 5) is 2.46. The molecule has 3 heteroatoms. The summed E-state index contributed by atoms with van der Waals surface area (Å²) in [6.45, 7) is 12.8. The van der Waals surface area contributed by atoms with E-state index in [2.05, 4.69) is 55.3 Å². The van der Waals surface area contributed by atoms with E-state index in [9.17, 15) is 0 Å². The average Bonchev–Trinajstić information content (AvgIpc) is 2.39. The molecule has 1 saturated heterocycles. The summed E-state index contributed by atoms with van der Waals surface area (Å²) in [5, 5.41) is 3.62. The van der Waals surface area contributed by atoms with Gasteiger partial charge in [-0.1, -0.05) is 20.8 Å². The Morgan fingerprint density at radius 1 is 1.26 bits per heavy atom. The van der Waals surface area contributed by atoms with Crippen LogP contribution in [-0.4, -0.2) is 32.3 Å². The lowest BCUT2D eigenvalue weighted by atomic mass is 9.85. The van der Waals surface area contributed by atoms with Gasteiger partial charge in [-0.25, -0.2) is 0 Å². The van der Waals surface area contributed by atoms with Gasteiger partial charge in [0, 0.05) is 31.4 Å². The highest BCUT2D eigenvalue weighted by atomic mass is 16.5. The highest BCUT2D eigenvalue weighted by Crippen LogP contribution is 2.26. The molecule has 3 nitrogen and oxygen atoms in total. The van der Waals surface area contributed by atoms with E-state index in [0.29, 0.717) is 11.5 Å². The Bertz CT molecular complexity index is 394. The third-order valence-electron chi connectivity index (χ3n) is 3.73. The third kappa shape index (κ3) is 3.63. The van der Waals surface area contributed by atoms with Crippen molar-refractivity contribution >= 4 is 5.69 Å². The van der Waals surface area contributed by atoms with Crippen LogP contribution >= 0.6 is 0 Å². The van der Waals surface area contributed by atoms with Crippen LogP contribution in [0.2, 0.25) is 0 Å². The normalized spacial score (nSPS) is 20.4. The molecule has 1 heterocycles. The van der Waals surface area contributed by atoms with Crippen molar-refractivity contribution in [3.05, 3.63) is 24.3 Å². The topological polar surface area (TPSA) is 24.5 Å². The van der Waals surface area contributed by atoms with Gasteiger partial charge in [-0.15, -0.1) is 0 Å². The summed E-state index contributed by atoms with van der Waals surface area (Å²) in [7, 11) is 0. The molecule has 0 spiro atoms. The zero-order chi connectivity index (χ0) is 13.9. The lowest BCUT2D eigenvalue weighted by Gasteiger charge is -2.41. The van der Waals surface area contributed by atoms with Gasteiger partial charge in [-0.3, -0.25) is 0 Å². The van der Waals surface area contributed by atoms with Crippen LogP contribution in [0.25, 0.3) is 0 Å². The van der Waals surface area contributed by atoms with Crippen molar-refractivity contribution in [2.45, 2.75) is 33.7 Å². The maximum atomic E-state index is 5.49. The summed E-state index contributed by atoms with van der Waals surface area (Å²) >= 11 is 0. The summed E-state index contributed by atoms with van der Waals surface area (Å²) in [5.74, 6) is 0.953. The number of ether oxygens (including phenoxy) is 1. The van der Waals surface area contributed by atoms with Gasteiger partial charge < -0.3 is 15.0 Å². The summed E-state index contributed by atoms with van der Waals surface area (Å²) in [6.07, 6.45) is 0. The van der Waals surface area contributed by atoms with E-state index in [1.165, 1.54) is 5.69 Å². The van der Waals surface area contributed by atoms with Crippen LogP contribution in [-0.2, 0) is 0 Å². The van der Waals surface area contributed by atoms with Gasteiger partial charge >= 0.3 is 0 Å². The first-order valence-electron chi connectivity index (χ1n) is 7.22. The number of benzene rings is 1. The van der Waals surface area contributed by atoms with Crippen LogP contribution in [0.15, 0.2) is 24.3 Å². The molecular weight excluding hydrogens is 236 g/mol. The van der Waals surface area contributed by atoms with Crippen LogP contribution < -0.4 is 15.0 Å². The number of rotatable bonds is 3. The molecule has 106 valence electrons. The highest BCUT2D eigenvalue weighted by Gasteiger charge is 2.29. The van der Waals surface area contributed by atoms with E-state index < -0.39 is 0 Å². The van der Waals surface area contributed by atoms with Gasteiger partial charge in [0.15, 0.2) is 0 Å². The average molecular weight is 262 g/mol. The van der Waals surface area contributed by atoms with Crippen LogP contribution in [0.4, 0.5) is 5.69 Å². The fourth-order valence-corrected chi connectivity index (χ4v) is 2.48. The Morgan fingerprint density at radius 2 is 1.95 bits per heavy atom. The van der Waals surface area contributed by atoms with Gasteiger partial charge in [0.25, 0.3) is 0 Å². The molecule has 0 saturated carbocycles. The first-order chi connectivity index (χ1) is 9.00. The number of piperazine rings is 1. The fraction of sp³-hybridized carbons (Fsp3) is 0.625. The number of nitrogens with zero attached hydrogens (tertiary/aromatic N) is 1. The molecule has 0 aliphatic carbocycles. The number of hydrogen-bond donors (Lipinski definition) is 1. The third-order valence-corrected chi connectivity index (χ3v) is 3.73. The minimum absolute atomic E-state index is 0.296. The Labute approximate surface area is 116 Å². The van der Waals surface area contributed by atoms with Crippen molar-refractivity contribution in [1.29, 1.82) is 0 Å². The monoisotopic (exact) mass is 262 g/mol. The molecule has 1 fully saturated rings. The van der Waals surface area contributed by atoms with Crippen LogP contribution in [0.3, 0.4) is 0 Å². The first kappa shape index (κ1) is 14.2. The van der Waals surface area contributed by atoms with Crippen LogP contribution in [0, 0.1) is 5.41 Å². The number of hydrogen-bond acceptors (Lipinski definition) is 3. The summed E-state index contributed by atoms with van der Waals surface area (Å²) in [5.41, 5.74) is 1.59. The van der Waals surface area contributed by atoms with Crippen LogP contribution in [0.5, 0.6) is 5.75 Å². The maximum Gasteiger partial charge on any atom is 0.119 e. The maximum absolute atomic E-state index is 5.49. The van der Waals surface area contributed by atoms with Crippen molar-refractivity contribution < 1.29 is 4.74 Å². The second kappa shape index (κ2) is 5.83. The Morgan fingerprint density at radius 3 is 2.53 bits per heavy atom. The van der Waals surface area contributed by atoms with Gasteiger partial charge in [-0.2, -0.15) is 0 Å². The molecule has 1 aromatic rings. The fourth-order valence-electron chi connectivity index (χ4n) is 2.48. The van der Waals surface area contributed by atoms with E-state index in [0.717, 1.165) is 32.0 Å². The van der Waals surface area contributed by atoms with Crippen LogP contribution in [0.1, 0.15) is 27.7 Å². The molecule has 2 rings (SSSR count). The predicted octanol–water partition coefficient (Wildman–Crippen LogP) is 2.91. The molecule has 1 atom stereocenters. The standard InChI is InChI=1S/C16H26N2O/c1-5-19-14-8-6-13(7-9-14)18-11-10-17-15(12-18)16(2,3)4/h6-9,15,17H,5,10-12H2,1-4H3. The second-order valence-corrected chi connectivity index (χ2v) is 6.25. The Kier molecular flexibility index (Phi) is 4.35. The molecule has 0 aromatic heterocycles. The van der Waals surface area contributed by atoms with Crippen molar-refractivity contribution in [2.75, 3.05) is 31.1 Å². The highest BCUT2D eigenvalue weighted by molar-refractivity contribution is 5.49. The molecule has 0 radical (unpaired) electrons. The molecular formula is C16H26N2O. The molecule has 0 bridgehead atoms. The van der Waals surface area contributed by atoms with Crippen molar-refractivity contribution in [2.24, 2.45) is 5.41 Å². The first-order valence-corrected chi connectivity index (χ1v) is 7.22. The lowest BCUT2D eigenvalue weighted by Crippen LogP contribution is -2.56. The summed E-state index contributed by atoms with van der Waals surface area (Å²) < 4.78 is 5.49. The minimum Gasteiger partial charge on any atom is -0.494 e. The van der Waals surface area contributed by atoms with E-state index >= 15 is 0 Å². The lowest BCUT2D eigenvalue weighted by molar-refractivity contribution is 0.254. The molecule has 0 amide bonds. The smallest absolute Gasteiger partial charge is 0.119 e. The molecule has 1 N–H and O–H groups in total. The largest absolute Gasteiger partial charge is 0.494 e. The number of anilines is 1. The Balaban J connectivity index is 2.04. The van der Waals surface area contributed by atoms with E-state index in [1.807, 2.05) is 6.92 Å². The predicted molar refractivity (Wildman–Crippen MR) is 81.1 cm³/mol. The molecule has 1 aliphatic rings. The van der Waals surface area contributed by atoms with Crippen molar-refractivity contribution in [3.63, 3.8) is 0 Å². The number of nitrogens with one attached hydrogen (secondary N) is 1. The van der Waals surface area contributed by atoms with Gasteiger partial charge in [-0.05, 0) is 36.6 Å². The molecule has 1 aliphatic heterocycles. The molecule has 19 heavy (non-hydrogen) atoms. The van der Waals surface area contributed by atoms with E-state index in [-0.39, 0.29) is 0 Å². The van der Waals surface area contributed by atoms with E-state index in [1.54, 1.807) is 0 Å². The van der Waals surface area contributed by atoms with E-state index in [4.69, 9.17) is 4.74 Å². The van der Waals surface area contributed by atoms with Gasteiger partial charge in [0.2, 0.25) is 0 Å². The molecule has 1 unspecified atom stereocenters. The minimum atomic E-state index is 0.296. The van der Waals surface area contributed by atoms with Crippen molar-refractivity contribution in [3.8, 4) is 5.75 Å². The van der Waals surface area contributed by atoms with Gasteiger partial charge in [0.05, 0.1) is 6.61 Å². The summed E-state index contributed by atoms with van der Waals surface area (Å²) in [6, 6.07) is 8.99. The zero-order valence-electron chi connectivity index (χ0n) is 12.6. The Hall–Kier alpha value is -1.22.